The average molecular weight is 400 g/mol. The van der Waals surface area contributed by atoms with Crippen molar-refractivity contribution < 1.29 is 13.2 Å². The highest BCUT2D eigenvalue weighted by molar-refractivity contribution is 7.09. The Morgan fingerprint density at radius 2 is 1.81 bits per heavy atom. The van der Waals surface area contributed by atoms with Crippen LogP contribution in [0.15, 0.2) is 42.2 Å². The Kier molecular flexibility index (Phi) is 5.24. The number of rotatable bonds is 4. The molecule has 0 radical (unpaired) electrons. The fourth-order valence-electron chi connectivity index (χ4n) is 2.35. The lowest BCUT2D eigenvalue weighted by atomic mass is 10.0. The van der Waals surface area contributed by atoms with Crippen molar-refractivity contribution in [1.82, 2.24) is 15.0 Å². The van der Waals surface area contributed by atoms with Gasteiger partial charge in [0.2, 0.25) is 0 Å². The minimum absolute atomic E-state index is 0.396. The van der Waals surface area contributed by atoms with Gasteiger partial charge in [0.25, 0.3) is 0 Å². The molecule has 0 aliphatic heterocycles. The quantitative estimate of drug-likeness (QED) is 0.692. The first kappa shape index (κ1) is 18.7. The topological polar surface area (TPSA) is 90.7 Å². The van der Waals surface area contributed by atoms with Gasteiger partial charge in [-0.2, -0.15) is 13.2 Å². The van der Waals surface area contributed by atoms with Gasteiger partial charge < -0.3 is 11.5 Å². The van der Waals surface area contributed by atoms with Crippen molar-refractivity contribution in [2.24, 2.45) is 11.5 Å². The molecule has 0 saturated carbocycles. The van der Waals surface area contributed by atoms with Crippen molar-refractivity contribution in [3.05, 3.63) is 63.5 Å². The summed E-state index contributed by atoms with van der Waals surface area (Å²) in [7, 11) is 0. The summed E-state index contributed by atoms with van der Waals surface area (Å²) in [6.45, 7) is 0. The van der Waals surface area contributed by atoms with Crippen LogP contribution >= 0.6 is 22.9 Å². The molecule has 3 aromatic rings. The Balaban J connectivity index is 1.91. The molecule has 5 nitrogen and oxygen atoms in total. The van der Waals surface area contributed by atoms with Crippen molar-refractivity contribution in [3.63, 3.8) is 0 Å². The van der Waals surface area contributed by atoms with Crippen LogP contribution in [0.5, 0.6) is 0 Å². The minimum Gasteiger partial charge on any atom is -0.321 e. The molecule has 0 aliphatic carbocycles. The first-order chi connectivity index (χ1) is 12.3. The summed E-state index contributed by atoms with van der Waals surface area (Å²) in [5.74, 6) is 0. The highest BCUT2D eigenvalue weighted by Crippen LogP contribution is 2.36. The summed E-state index contributed by atoms with van der Waals surface area (Å²) >= 11 is 7.15. The van der Waals surface area contributed by atoms with E-state index in [1.54, 1.807) is 17.6 Å². The molecule has 1 aromatic carbocycles. The monoisotopic (exact) mass is 399 g/mol. The number of thiazole rings is 1. The number of nitrogens with two attached hydrogens (primary N) is 2. The van der Waals surface area contributed by atoms with Gasteiger partial charge in [-0.05, 0) is 18.2 Å². The Labute approximate surface area is 155 Å². The average Bonchev–Trinajstić information content (AvgIpc) is 3.14. The molecule has 2 heterocycles. The van der Waals surface area contributed by atoms with E-state index in [4.69, 9.17) is 23.1 Å². The third-order valence-corrected chi connectivity index (χ3v) is 4.91. The fourth-order valence-corrected chi connectivity index (χ4v) is 3.33. The normalized spacial score (nSPS) is 14.2. The number of alkyl halides is 3. The summed E-state index contributed by atoms with van der Waals surface area (Å²) in [4.78, 5) is 12.3. The Bertz CT molecular complexity index is 901. The molecule has 26 heavy (non-hydrogen) atoms. The van der Waals surface area contributed by atoms with Gasteiger partial charge >= 0.3 is 6.18 Å². The summed E-state index contributed by atoms with van der Waals surface area (Å²) in [6, 6.07) is 3.80. The predicted molar refractivity (Wildman–Crippen MR) is 93.5 cm³/mol. The van der Waals surface area contributed by atoms with Gasteiger partial charge in [-0.3, -0.25) is 0 Å². The van der Waals surface area contributed by atoms with Crippen LogP contribution in [0.25, 0.3) is 11.3 Å². The molecular weight excluding hydrogens is 387 g/mol. The molecule has 2 unspecified atom stereocenters. The second-order valence-corrected chi connectivity index (χ2v) is 6.78. The molecular formula is C16H13ClF3N5S. The fraction of sp³-hybridized carbons (Fsp3) is 0.188. The number of hydrogen-bond donors (Lipinski definition) is 2. The molecule has 0 aliphatic rings. The summed E-state index contributed by atoms with van der Waals surface area (Å²) in [5, 5.41) is 2.05. The maximum atomic E-state index is 12.8. The van der Waals surface area contributed by atoms with Crippen LogP contribution < -0.4 is 11.5 Å². The zero-order valence-electron chi connectivity index (χ0n) is 13.1. The van der Waals surface area contributed by atoms with Crippen LogP contribution in [-0.4, -0.2) is 15.0 Å². The van der Waals surface area contributed by atoms with Crippen molar-refractivity contribution in [3.8, 4) is 11.3 Å². The SMILES string of the molecule is NC(c1cc(-c2ccc(C(F)(F)F)c(Cl)c2)ncn1)C(N)c1nccs1. The molecule has 0 bridgehead atoms. The molecule has 0 amide bonds. The number of aromatic nitrogens is 3. The minimum atomic E-state index is -4.52. The van der Waals surface area contributed by atoms with E-state index in [0.29, 0.717) is 22.0 Å². The zero-order chi connectivity index (χ0) is 18.9. The van der Waals surface area contributed by atoms with E-state index in [0.717, 1.165) is 6.07 Å². The Morgan fingerprint density at radius 1 is 1.04 bits per heavy atom. The molecule has 0 saturated heterocycles. The molecule has 136 valence electrons. The summed E-state index contributed by atoms with van der Waals surface area (Å²) < 4.78 is 38.5. The van der Waals surface area contributed by atoms with Gasteiger partial charge in [-0.1, -0.05) is 17.7 Å². The first-order valence-corrected chi connectivity index (χ1v) is 8.62. The third kappa shape index (κ3) is 3.85. The highest BCUT2D eigenvalue weighted by Gasteiger charge is 2.33. The number of benzene rings is 1. The van der Waals surface area contributed by atoms with Crippen LogP contribution in [-0.2, 0) is 6.18 Å². The second-order valence-electron chi connectivity index (χ2n) is 5.44. The number of hydrogen-bond acceptors (Lipinski definition) is 6. The number of halogens is 4. The highest BCUT2D eigenvalue weighted by atomic mass is 35.5. The summed E-state index contributed by atoms with van der Waals surface area (Å²) in [5.41, 5.74) is 12.6. The van der Waals surface area contributed by atoms with E-state index in [2.05, 4.69) is 15.0 Å². The molecule has 0 fully saturated rings. The molecule has 3 rings (SSSR count). The van der Waals surface area contributed by atoms with Gasteiger partial charge in [0, 0.05) is 17.1 Å². The molecule has 10 heteroatoms. The van der Waals surface area contributed by atoms with Crippen LogP contribution in [0.4, 0.5) is 13.2 Å². The molecule has 2 atom stereocenters. The van der Waals surface area contributed by atoms with Crippen molar-refractivity contribution in [1.29, 1.82) is 0 Å². The van der Waals surface area contributed by atoms with Crippen LogP contribution in [0.3, 0.4) is 0 Å². The maximum absolute atomic E-state index is 12.8. The molecule has 4 N–H and O–H groups in total. The van der Waals surface area contributed by atoms with E-state index in [9.17, 15) is 13.2 Å². The lowest BCUT2D eigenvalue weighted by Gasteiger charge is -2.17. The Morgan fingerprint density at radius 3 is 2.42 bits per heavy atom. The second kappa shape index (κ2) is 7.28. The van der Waals surface area contributed by atoms with Gasteiger partial charge in [-0.15, -0.1) is 11.3 Å². The van der Waals surface area contributed by atoms with Gasteiger partial charge in [-0.25, -0.2) is 15.0 Å². The van der Waals surface area contributed by atoms with E-state index in [1.165, 1.54) is 29.8 Å². The van der Waals surface area contributed by atoms with Gasteiger partial charge in [0.1, 0.15) is 11.3 Å². The Hall–Kier alpha value is -2.07. The van der Waals surface area contributed by atoms with E-state index in [1.807, 2.05) is 0 Å². The number of nitrogens with zero attached hydrogens (tertiary/aromatic N) is 3. The van der Waals surface area contributed by atoms with Crippen molar-refractivity contribution >= 4 is 22.9 Å². The van der Waals surface area contributed by atoms with E-state index < -0.39 is 28.8 Å². The van der Waals surface area contributed by atoms with Crippen LogP contribution in [0.1, 0.15) is 28.3 Å². The zero-order valence-corrected chi connectivity index (χ0v) is 14.7. The van der Waals surface area contributed by atoms with Crippen LogP contribution in [0, 0.1) is 0 Å². The summed E-state index contributed by atoms with van der Waals surface area (Å²) in [6.07, 6.45) is -1.61. The van der Waals surface area contributed by atoms with Crippen LogP contribution in [0.2, 0.25) is 5.02 Å². The lowest BCUT2D eigenvalue weighted by molar-refractivity contribution is -0.137. The van der Waals surface area contributed by atoms with Gasteiger partial charge in [0.15, 0.2) is 0 Å². The largest absolute Gasteiger partial charge is 0.417 e. The first-order valence-electron chi connectivity index (χ1n) is 7.37. The van der Waals surface area contributed by atoms with Crippen molar-refractivity contribution in [2.75, 3.05) is 0 Å². The van der Waals surface area contributed by atoms with E-state index in [-0.39, 0.29) is 0 Å². The third-order valence-electron chi connectivity index (χ3n) is 3.72. The smallest absolute Gasteiger partial charge is 0.321 e. The van der Waals surface area contributed by atoms with Gasteiger partial charge in [0.05, 0.1) is 34.1 Å². The lowest BCUT2D eigenvalue weighted by Crippen LogP contribution is -2.27. The molecule has 2 aromatic heterocycles. The van der Waals surface area contributed by atoms with Crippen molar-refractivity contribution in [2.45, 2.75) is 18.3 Å². The maximum Gasteiger partial charge on any atom is 0.417 e. The van der Waals surface area contributed by atoms with E-state index >= 15 is 0 Å². The standard InChI is InChI=1S/C16H13ClF3N5S/c17-10-5-8(1-2-9(10)16(18,19)20)11-6-12(25-7-24-11)13(21)14(22)15-23-3-4-26-15/h1-7,13-14H,21-22H2. The predicted octanol–water partition coefficient (Wildman–Crippen LogP) is 3.97. The molecule has 0 spiro atoms.